The van der Waals surface area contributed by atoms with Crippen LogP contribution in [-0.4, -0.2) is 57.4 Å². The molecule has 0 unspecified atom stereocenters. The van der Waals surface area contributed by atoms with Crippen LogP contribution in [0.1, 0.15) is 45.1 Å². The third-order valence-corrected chi connectivity index (χ3v) is 6.33. The van der Waals surface area contributed by atoms with Crippen LogP contribution in [0.5, 0.6) is 0 Å². The molecule has 0 radical (unpaired) electrons. The van der Waals surface area contributed by atoms with Crippen molar-refractivity contribution in [2.45, 2.75) is 64.1 Å². The zero-order valence-electron chi connectivity index (χ0n) is 18.1. The molecule has 2 aromatic rings. The Morgan fingerprint density at radius 1 is 1.32 bits per heavy atom. The molecule has 0 saturated carbocycles. The number of carboxylic acid groups (broad SMARTS) is 1. The number of rotatable bonds is 9. The molecule has 0 bridgehead atoms. The van der Waals surface area contributed by atoms with Crippen molar-refractivity contribution in [3.8, 4) is 0 Å². The van der Waals surface area contributed by atoms with Crippen molar-refractivity contribution in [2.75, 3.05) is 6.54 Å². The largest absolute Gasteiger partial charge is 0.480 e. The van der Waals surface area contributed by atoms with E-state index in [9.17, 15) is 19.5 Å². The molecule has 8 heteroatoms. The lowest BCUT2D eigenvalue weighted by atomic mass is 9.96. The quantitative estimate of drug-likeness (QED) is 0.486. The number of nitrogens with two attached hydrogens (primary N) is 1. The number of aromatic amines is 1. The first-order valence-electron chi connectivity index (χ1n) is 11.0. The van der Waals surface area contributed by atoms with E-state index in [-0.39, 0.29) is 17.7 Å². The molecule has 5 N–H and O–H groups in total. The van der Waals surface area contributed by atoms with E-state index < -0.39 is 24.1 Å². The molecule has 1 aliphatic rings. The highest BCUT2D eigenvalue weighted by molar-refractivity contribution is 5.92. The lowest BCUT2D eigenvalue weighted by Gasteiger charge is -2.31. The minimum absolute atomic E-state index is 0.132. The van der Waals surface area contributed by atoms with Crippen molar-refractivity contribution >= 4 is 28.7 Å². The van der Waals surface area contributed by atoms with Crippen LogP contribution >= 0.6 is 0 Å². The summed E-state index contributed by atoms with van der Waals surface area (Å²) in [6, 6.07) is 5.58. The standard InChI is InChI=1S/C23H32N4O4/c1-3-14(2)20(22(29)27-12-6-9-19(27)23(30)31)26-21(28)17(24)11-10-15-13-25-18-8-5-4-7-16(15)18/h4-5,7-8,13-14,17,19-20,25H,3,6,9-12,24H2,1-2H3,(H,26,28)(H,30,31)/t14-,17-,19-,20-/m0/s1. The van der Waals surface area contributed by atoms with Crippen LogP contribution in [0.4, 0.5) is 0 Å². The summed E-state index contributed by atoms with van der Waals surface area (Å²) < 4.78 is 0. The van der Waals surface area contributed by atoms with Gasteiger partial charge in [0.05, 0.1) is 6.04 Å². The summed E-state index contributed by atoms with van der Waals surface area (Å²) in [5.41, 5.74) is 8.29. The third-order valence-electron chi connectivity index (χ3n) is 6.33. The molecule has 4 atom stereocenters. The first-order chi connectivity index (χ1) is 14.8. The molecule has 168 valence electrons. The molecule has 2 amide bonds. The highest BCUT2D eigenvalue weighted by Crippen LogP contribution is 2.22. The smallest absolute Gasteiger partial charge is 0.326 e. The number of nitrogens with zero attached hydrogens (tertiary/aromatic N) is 1. The number of carbonyl (C=O) groups excluding carboxylic acids is 2. The van der Waals surface area contributed by atoms with Gasteiger partial charge in [-0.25, -0.2) is 4.79 Å². The Hall–Kier alpha value is -2.87. The molecule has 1 aliphatic heterocycles. The van der Waals surface area contributed by atoms with Gasteiger partial charge in [0.1, 0.15) is 12.1 Å². The van der Waals surface area contributed by atoms with Crippen molar-refractivity contribution in [3.05, 3.63) is 36.0 Å². The highest BCUT2D eigenvalue weighted by Gasteiger charge is 2.39. The van der Waals surface area contributed by atoms with Gasteiger partial charge in [0, 0.05) is 23.6 Å². The summed E-state index contributed by atoms with van der Waals surface area (Å²) in [5, 5.41) is 13.3. The second-order valence-electron chi connectivity index (χ2n) is 8.40. The average Bonchev–Trinajstić information content (AvgIpc) is 3.42. The molecular weight excluding hydrogens is 396 g/mol. The van der Waals surface area contributed by atoms with Gasteiger partial charge in [-0.2, -0.15) is 0 Å². The summed E-state index contributed by atoms with van der Waals surface area (Å²) in [5.74, 6) is -1.86. The van der Waals surface area contributed by atoms with Gasteiger partial charge in [-0.1, -0.05) is 38.5 Å². The molecule has 1 saturated heterocycles. The van der Waals surface area contributed by atoms with E-state index in [0.717, 1.165) is 16.5 Å². The Morgan fingerprint density at radius 2 is 2.06 bits per heavy atom. The van der Waals surface area contributed by atoms with E-state index in [1.165, 1.54) is 4.90 Å². The SMILES string of the molecule is CC[C@H](C)[C@H](NC(=O)[C@@H](N)CCc1c[nH]c2ccccc12)C(=O)N1CCC[C@H]1C(=O)O. The molecule has 0 aliphatic carbocycles. The van der Waals surface area contributed by atoms with Gasteiger partial charge >= 0.3 is 5.97 Å². The molecule has 31 heavy (non-hydrogen) atoms. The lowest BCUT2D eigenvalue weighted by molar-refractivity contribution is -0.150. The number of benzene rings is 1. The maximum Gasteiger partial charge on any atom is 0.326 e. The van der Waals surface area contributed by atoms with Gasteiger partial charge in [0.2, 0.25) is 11.8 Å². The van der Waals surface area contributed by atoms with E-state index in [2.05, 4.69) is 10.3 Å². The maximum atomic E-state index is 13.1. The summed E-state index contributed by atoms with van der Waals surface area (Å²) >= 11 is 0. The number of carbonyl (C=O) groups is 3. The lowest BCUT2D eigenvalue weighted by Crippen LogP contribution is -2.56. The molecule has 3 rings (SSSR count). The third kappa shape index (κ3) is 5.07. The number of nitrogens with one attached hydrogen (secondary N) is 2. The average molecular weight is 429 g/mol. The molecule has 8 nitrogen and oxygen atoms in total. The van der Waals surface area contributed by atoms with E-state index in [1.807, 2.05) is 44.3 Å². The van der Waals surface area contributed by atoms with E-state index in [0.29, 0.717) is 38.6 Å². The topological polar surface area (TPSA) is 129 Å². The van der Waals surface area contributed by atoms with Gasteiger partial charge in [-0.15, -0.1) is 0 Å². The monoisotopic (exact) mass is 428 g/mol. The number of hydrogen-bond donors (Lipinski definition) is 4. The fraction of sp³-hybridized carbons (Fsp3) is 0.522. The van der Waals surface area contributed by atoms with Crippen LogP contribution in [0.2, 0.25) is 0 Å². The molecular formula is C23H32N4O4. The molecule has 0 spiro atoms. The fourth-order valence-electron chi connectivity index (χ4n) is 4.19. The van der Waals surface area contributed by atoms with Gasteiger partial charge in [-0.3, -0.25) is 9.59 Å². The number of aromatic nitrogens is 1. The Kier molecular flexibility index (Phi) is 7.33. The molecule has 2 heterocycles. The Morgan fingerprint density at radius 3 is 2.77 bits per heavy atom. The number of carboxylic acids is 1. The van der Waals surface area contributed by atoms with Crippen LogP contribution in [0.25, 0.3) is 10.9 Å². The molecule has 1 aromatic heterocycles. The summed E-state index contributed by atoms with van der Waals surface area (Å²) in [4.78, 5) is 42.0. The van der Waals surface area contributed by atoms with E-state index in [1.54, 1.807) is 0 Å². The normalized spacial score (nSPS) is 19.2. The number of amides is 2. The number of hydrogen-bond acceptors (Lipinski definition) is 4. The minimum Gasteiger partial charge on any atom is -0.480 e. The van der Waals surface area contributed by atoms with Gasteiger partial charge in [0.25, 0.3) is 0 Å². The first-order valence-corrected chi connectivity index (χ1v) is 11.0. The summed E-state index contributed by atoms with van der Waals surface area (Å²) in [7, 11) is 0. The van der Waals surface area contributed by atoms with Crippen molar-refractivity contribution < 1.29 is 19.5 Å². The number of likely N-dealkylation sites (tertiary alicyclic amines) is 1. The van der Waals surface area contributed by atoms with Gasteiger partial charge in [0.15, 0.2) is 0 Å². The highest BCUT2D eigenvalue weighted by atomic mass is 16.4. The van der Waals surface area contributed by atoms with Crippen LogP contribution < -0.4 is 11.1 Å². The predicted octanol–water partition coefficient (Wildman–Crippen LogP) is 2.03. The Bertz CT molecular complexity index is 941. The van der Waals surface area contributed by atoms with Crippen molar-refractivity contribution in [1.82, 2.24) is 15.2 Å². The number of aliphatic carboxylic acids is 1. The molecule has 1 aromatic carbocycles. The second-order valence-corrected chi connectivity index (χ2v) is 8.40. The van der Waals surface area contributed by atoms with Crippen LogP contribution in [-0.2, 0) is 20.8 Å². The first kappa shape index (κ1) is 22.8. The molecule has 1 fully saturated rings. The van der Waals surface area contributed by atoms with Crippen molar-refractivity contribution in [2.24, 2.45) is 11.7 Å². The van der Waals surface area contributed by atoms with Crippen LogP contribution in [0, 0.1) is 5.92 Å². The Labute approximate surface area is 182 Å². The summed E-state index contributed by atoms with van der Waals surface area (Å²) in [6.07, 6.45) is 4.76. The second kappa shape index (κ2) is 9.96. The maximum absolute atomic E-state index is 13.1. The van der Waals surface area contributed by atoms with Gasteiger partial charge in [-0.05, 0) is 43.2 Å². The minimum atomic E-state index is -1.00. The Balaban J connectivity index is 1.64. The van der Waals surface area contributed by atoms with E-state index >= 15 is 0 Å². The fourth-order valence-corrected chi connectivity index (χ4v) is 4.19. The van der Waals surface area contributed by atoms with Crippen LogP contribution in [0.3, 0.4) is 0 Å². The zero-order chi connectivity index (χ0) is 22.5. The number of fused-ring (bicyclic) bond motifs is 1. The van der Waals surface area contributed by atoms with Crippen molar-refractivity contribution in [1.29, 1.82) is 0 Å². The summed E-state index contributed by atoms with van der Waals surface area (Å²) in [6.45, 7) is 4.21. The van der Waals surface area contributed by atoms with Crippen LogP contribution in [0.15, 0.2) is 30.5 Å². The number of H-pyrrole nitrogens is 1. The zero-order valence-corrected chi connectivity index (χ0v) is 18.1. The van der Waals surface area contributed by atoms with E-state index in [4.69, 9.17) is 5.73 Å². The van der Waals surface area contributed by atoms with Crippen molar-refractivity contribution in [3.63, 3.8) is 0 Å². The predicted molar refractivity (Wildman–Crippen MR) is 118 cm³/mol. The number of aryl methyl sites for hydroxylation is 1. The van der Waals surface area contributed by atoms with Gasteiger partial charge < -0.3 is 26.0 Å². The number of para-hydroxylation sites is 1.